The fourth-order valence-electron chi connectivity index (χ4n) is 0.513. The zero-order valence-electron chi connectivity index (χ0n) is 5.76. The molecule has 0 aromatic rings. The van der Waals surface area contributed by atoms with Gasteiger partial charge in [0.05, 0.1) is 0 Å². The van der Waals surface area contributed by atoms with Gasteiger partial charge in [0.2, 0.25) is 6.41 Å². The number of unbranched alkanes of at least 4 members (excludes halogenated alkanes) is 2. The Morgan fingerprint density at radius 2 is 2.33 bits per heavy atom. The molecule has 0 saturated carbocycles. The van der Waals surface area contributed by atoms with Gasteiger partial charge >= 0.3 is 0 Å². The molecule has 0 unspecified atom stereocenters. The third-order valence-electron chi connectivity index (χ3n) is 1.01. The van der Waals surface area contributed by atoms with E-state index in [4.69, 9.17) is 0 Å². The second-order valence-electron chi connectivity index (χ2n) is 1.83. The van der Waals surface area contributed by atoms with Crippen molar-refractivity contribution >= 4 is 6.41 Å². The van der Waals surface area contributed by atoms with Gasteiger partial charge in [0.25, 0.3) is 0 Å². The lowest BCUT2D eigenvalue weighted by atomic mass is 10.2. The van der Waals surface area contributed by atoms with Crippen LogP contribution >= 0.6 is 0 Å². The molecule has 0 bridgehead atoms. The van der Waals surface area contributed by atoms with E-state index in [1.54, 1.807) is 6.20 Å². The van der Waals surface area contributed by atoms with Crippen molar-refractivity contribution in [3.8, 4) is 0 Å². The molecule has 0 aromatic heterocycles. The summed E-state index contributed by atoms with van der Waals surface area (Å²) in [5.41, 5.74) is 0. The molecule has 0 rings (SSSR count). The highest BCUT2D eigenvalue weighted by Crippen LogP contribution is 1.92. The Hall–Kier alpha value is -0.790. The van der Waals surface area contributed by atoms with E-state index < -0.39 is 0 Å². The van der Waals surface area contributed by atoms with Gasteiger partial charge in [-0.15, -0.1) is 0 Å². The van der Waals surface area contributed by atoms with Crippen molar-refractivity contribution in [1.82, 2.24) is 5.32 Å². The van der Waals surface area contributed by atoms with Gasteiger partial charge in [0.1, 0.15) is 0 Å². The molecule has 0 aliphatic carbocycles. The van der Waals surface area contributed by atoms with E-state index >= 15 is 0 Å². The van der Waals surface area contributed by atoms with Crippen LogP contribution in [0.15, 0.2) is 12.3 Å². The first kappa shape index (κ1) is 8.21. The van der Waals surface area contributed by atoms with Crippen LogP contribution < -0.4 is 5.32 Å². The monoisotopic (exact) mass is 127 g/mol. The number of rotatable bonds is 5. The van der Waals surface area contributed by atoms with Crippen molar-refractivity contribution < 1.29 is 4.79 Å². The zero-order chi connectivity index (χ0) is 6.95. The lowest BCUT2D eigenvalue weighted by Crippen LogP contribution is -1.97. The van der Waals surface area contributed by atoms with Crippen LogP contribution in [-0.4, -0.2) is 6.41 Å². The molecule has 0 atom stereocenters. The summed E-state index contributed by atoms with van der Waals surface area (Å²) in [6.07, 6.45) is 7.74. The quantitative estimate of drug-likeness (QED) is 0.439. The Labute approximate surface area is 56.0 Å². The third-order valence-corrected chi connectivity index (χ3v) is 1.01. The number of carbonyl (C=O) groups excluding carboxylic acids is 1. The summed E-state index contributed by atoms with van der Waals surface area (Å²) in [6, 6.07) is 0. The van der Waals surface area contributed by atoms with Gasteiger partial charge in [-0.25, -0.2) is 0 Å². The van der Waals surface area contributed by atoms with Crippen molar-refractivity contribution in [2.45, 2.75) is 26.2 Å². The second-order valence-corrected chi connectivity index (χ2v) is 1.83. The van der Waals surface area contributed by atoms with Crippen LogP contribution in [0, 0.1) is 0 Å². The summed E-state index contributed by atoms with van der Waals surface area (Å²) < 4.78 is 0. The Balaban J connectivity index is 2.94. The average molecular weight is 127 g/mol. The first-order valence-corrected chi connectivity index (χ1v) is 3.26. The molecule has 52 valence electrons. The number of carbonyl (C=O) groups is 1. The molecule has 0 saturated heterocycles. The molecule has 1 N–H and O–H groups in total. The van der Waals surface area contributed by atoms with Gasteiger partial charge in [-0.05, 0) is 12.6 Å². The van der Waals surface area contributed by atoms with E-state index in [2.05, 4.69) is 12.2 Å². The maximum Gasteiger partial charge on any atom is 0.211 e. The normalized spacial score (nSPS) is 9.89. The van der Waals surface area contributed by atoms with E-state index in [0.29, 0.717) is 6.41 Å². The van der Waals surface area contributed by atoms with Crippen molar-refractivity contribution in [2.75, 3.05) is 0 Å². The number of hydrogen-bond acceptors (Lipinski definition) is 1. The Morgan fingerprint density at radius 3 is 2.89 bits per heavy atom. The molecular weight excluding hydrogens is 114 g/mol. The predicted molar refractivity (Wildman–Crippen MR) is 37.9 cm³/mol. The highest BCUT2D eigenvalue weighted by Gasteiger charge is 1.75. The smallest absolute Gasteiger partial charge is 0.211 e. The van der Waals surface area contributed by atoms with Crippen molar-refractivity contribution in [3.63, 3.8) is 0 Å². The van der Waals surface area contributed by atoms with Crippen LogP contribution in [0.2, 0.25) is 0 Å². The van der Waals surface area contributed by atoms with Crippen molar-refractivity contribution in [3.05, 3.63) is 12.3 Å². The van der Waals surface area contributed by atoms with E-state index in [-0.39, 0.29) is 0 Å². The van der Waals surface area contributed by atoms with Crippen LogP contribution in [0.4, 0.5) is 0 Å². The number of hydrogen-bond donors (Lipinski definition) is 1. The average Bonchev–Trinajstić information content (AvgIpc) is 1.89. The maximum atomic E-state index is 9.68. The van der Waals surface area contributed by atoms with Crippen LogP contribution in [-0.2, 0) is 4.79 Å². The van der Waals surface area contributed by atoms with Crippen LogP contribution in [0.25, 0.3) is 0 Å². The second kappa shape index (κ2) is 7.21. The first-order valence-electron chi connectivity index (χ1n) is 3.26. The lowest BCUT2D eigenvalue weighted by molar-refractivity contribution is -0.108. The summed E-state index contributed by atoms with van der Waals surface area (Å²) in [5, 5.41) is 2.45. The zero-order valence-corrected chi connectivity index (χ0v) is 5.76. The van der Waals surface area contributed by atoms with Gasteiger partial charge in [-0.1, -0.05) is 25.8 Å². The van der Waals surface area contributed by atoms with Gasteiger partial charge in [-0.3, -0.25) is 4.79 Å². The highest BCUT2D eigenvalue weighted by atomic mass is 16.1. The van der Waals surface area contributed by atoms with Crippen LogP contribution in [0.3, 0.4) is 0 Å². The molecular formula is C7H13NO. The summed E-state index contributed by atoms with van der Waals surface area (Å²) in [5.74, 6) is 0. The van der Waals surface area contributed by atoms with Crippen LogP contribution in [0.5, 0.6) is 0 Å². The van der Waals surface area contributed by atoms with Gasteiger partial charge in [0.15, 0.2) is 0 Å². The number of allylic oxidation sites excluding steroid dienone is 1. The lowest BCUT2D eigenvalue weighted by Gasteiger charge is -1.86. The molecule has 0 spiro atoms. The summed E-state index contributed by atoms with van der Waals surface area (Å²) >= 11 is 0. The molecule has 0 aromatic carbocycles. The van der Waals surface area contributed by atoms with Gasteiger partial charge < -0.3 is 5.32 Å². The van der Waals surface area contributed by atoms with E-state index in [1.807, 2.05) is 6.08 Å². The standard InChI is InChI=1S/C7H13NO/c1-2-3-4-5-6-8-7-9/h5-7H,2-4H2,1H3,(H,8,9)/b6-5+. The highest BCUT2D eigenvalue weighted by molar-refractivity contribution is 5.47. The maximum absolute atomic E-state index is 9.68. The molecule has 0 heterocycles. The van der Waals surface area contributed by atoms with Gasteiger partial charge in [0, 0.05) is 0 Å². The fraction of sp³-hybridized carbons (Fsp3) is 0.571. The largest absolute Gasteiger partial charge is 0.336 e. The topological polar surface area (TPSA) is 29.1 Å². The fourth-order valence-corrected chi connectivity index (χ4v) is 0.513. The van der Waals surface area contributed by atoms with Crippen molar-refractivity contribution in [2.24, 2.45) is 0 Å². The van der Waals surface area contributed by atoms with Crippen LogP contribution in [0.1, 0.15) is 26.2 Å². The number of nitrogens with one attached hydrogen (secondary N) is 1. The molecule has 2 heteroatoms. The molecule has 0 aliphatic rings. The van der Waals surface area contributed by atoms with E-state index in [0.717, 1.165) is 6.42 Å². The minimum atomic E-state index is 0.669. The van der Waals surface area contributed by atoms with Crippen molar-refractivity contribution in [1.29, 1.82) is 0 Å². The summed E-state index contributed by atoms with van der Waals surface area (Å²) in [4.78, 5) is 9.68. The molecule has 9 heavy (non-hydrogen) atoms. The SMILES string of the molecule is CCCC/C=C/NC=O. The molecule has 1 amide bonds. The van der Waals surface area contributed by atoms with Gasteiger partial charge in [-0.2, -0.15) is 0 Å². The molecule has 2 nitrogen and oxygen atoms in total. The Morgan fingerprint density at radius 1 is 1.56 bits per heavy atom. The summed E-state index contributed by atoms with van der Waals surface area (Å²) in [7, 11) is 0. The molecule has 0 aliphatic heterocycles. The van der Waals surface area contributed by atoms with E-state index in [1.165, 1.54) is 12.8 Å². The third kappa shape index (κ3) is 7.21. The summed E-state index contributed by atoms with van der Waals surface area (Å²) in [6.45, 7) is 2.14. The minimum Gasteiger partial charge on any atom is -0.336 e. The molecule has 0 fully saturated rings. The molecule has 0 radical (unpaired) electrons. The Bertz CT molecular complexity index is 88.9. The Kier molecular flexibility index (Phi) is 6.58. The first-order chi connectivity index (χ1) is 4.41. The minimum absolute atomic E-state index is 0.669. The van der Waals surface area contributed by atoms with E-state index in [9.17, 15) is 4.79 Å². The number of amides is 1. The predicted octanol–water partition coefficient (Wildman–Crippen LogP) is 1.44.